The molecule has 0 N–H and O–H groups in total. The molecular formula is C32H45F6O4PS2-2. The van der Waals surface area contributed by atoms with Gasteiger partial charge in [0.2, 0.25) is 0 Å². The fourth-order valence-electron chi connectivity index (χ4n) is 3.52. The Bertz CT molecular complexity index is 1240. The van der Waals surface area contributed by atoms with Crippen LogP contribution in [-0.4, -0.2) is 25.1 Å². The van der Waals surface area contributed by atoms with Gasteiger partial charge < -0.3 is 23.4 Å². The monoisotopic (exact) mass is 702 g/mol. The molecule has 0 aromatic heterocycles. The Kier molecular flexibility index (Phi) is 25.1. The minimum absolute atomic E-state index is 0. The number of hydrogen-bond acceptors (Lipinski definition) is 4. The van der Waals surface area contributed by atoms with Crippen molar-refractivity contribution in [2.75, 3.05) is 6.61 Å². The average molecular weight is 703 g/mol. The van der Waals surface area contributed by atoms with E-state index in [0.717, 1.165) is 18.8 Å². The Morgan fingerprint density at radius 2 is 1.18 bits per heavy atom. The van der Waals surface area contributed by atoms with Crippen LogP contribution in [0.4, 0.5) is 13.2 Å². The number of hydrogen-bond donors (Lipinski definition) is 0. The second-order valence-corrected chi connectivity index (χ2v) is 14.2. The number of rotatable bonds is 11. The molecular weight excluding hydrogens is 657 g/mol. The highest BCUT2D eigenvalue weighted by atomic mass is 32.2. The summed E-state index contributed by atoms with van der Waals surface area (Å²) in [6, 6.07) is 27.8. The Balaban J connectivity index is -0.000000674. The van der Waals surface area contributed by atoms with Crippen molar-refractivity contribution in [1.29, 1.82) is 0 Å². The molecule has 0 aliphatic carbocycles. The van der Waals surface area contributed by atoms with E-state index in [1.807, 2.05) is 9.24 Å². The Morgan fingerprint density at radius 3 is 1.62 bits per heavy atom. The highest BCUT2D eigenvalue weighted by Crippen LogP contribution is 2.21. The quantitative estimate of drug-likeness (QED) is 0.0507. The van der Waals surface area contributed by atoms with E-state index in [1.54, 1.807) is 0 Å². The van der Waals surface area contributed by atoms with Crippen LogP contribution in [0, 0.1) is 0 Å². The van der Waals surface area contributed by atoms with Crippen molar-refractivity contribution in [2.24, 2.45) is 0 Å². The fourth-order valence-corrected chi connectivity index (χ4v) is 4.68. The predicted octanol–water partition coefficient (Wildman–Crippen LogP) is -0.671. The first-order valence-electron chi connectivity index (χ1n) is 14.1. The number of unbranched alkanes of at least 4 members (excludes halogenated alkanes) is 6. The molecule has 0 aliphatic rings. The second-order valence-electron chi connectivity index (χ2n) is 10.8. The third-order valence-electron chi connectivity index (χ3n) is 5.97. The number of halogens is 6. The maximum absolute atomic E-state index is 10.7. The highest BCUT2D eigenvalue weighted by molar-refractivity contribution is 7.86. The van der Waals surface area contributed by atoms with Crippen LogP contribution in [0.5, 0.6) is 5.75 Å². The summed E-state index contributed by atoms with van der Waals surface area (Å²) in [5.74, 6) is 0.989. The van der Waals surface area contributed by atoms with Crippen LogP contribution in [-0.2, 0) is 27.3 Å². The van der Waals surface area contributed by atoms with Gasteiger partial charge in [-0.25, -0.2) is 8.42 Å². The molecule has 0 saturated carbocycles. The zero-order chi connectivity index (χ0) is 31.7. The van der Waals surface area contributed by atoms with Crippen LogP contribution in [0.2, 0.25) is 0 Å². The van der Waals surface area contributed by atoms with Crippen LogP contribution in [0.1, 0.15) is 78.2 Å². The van der Waals surface area contributed by atoms with E-state index in [-0.39, 0.29) is 19.5 Å². The SMILES string of the molecule is CC(C)(C)c1ccc([PH3+])cc1.CCCCCCCCCOc1ccc([SH+]c2ccccc2)cc1.O=S(=O)([O-])C(F)(F)F.[F-].[F-].[F-]. The second kappa shape index (κ2) is 24.0. The van der Waals surface area contributed by atoms with Gasteiger partial charge in [0.15, 0.2) is 19.9 Å². The molecule has 13 heteroatoms. The molecule has 0 heterocycles. The first-order chi connectivity index (χ1) is 19.6. The molecule has 258 valence electrons. The molecule has 3 rings (SSSR count). The first kappa shape index (κ1) is 47.1. The number of ether oxygens (including phenoxy) is 1. The normalized spacial score (nSPS) is 10.8. The van der Waals surface area contributed by atoms with E-state index in [0.29, 0.717) is 0 Å². The van der Waals surface area contributed by atoms with Crippen LogP contribution in [0.15, 0.2) is 88.7 Å². The van der Waals surface area contributed by atoms with Gasteiger partial charge in [-0.15, -0.1) is 0 Å². The Morgan fingerprint density at radius 1 is 0.733 bits per heavy atom. The summed E-state index contributed by atoms with van der Waals surface area (Å²) >= 11 is 1.25. The molecule has 0 aliphatic heterocycles. The topological polar surface area (TPSA) is 66.4 Å². The lowest BCUT2D eigenvalue weighted by molar-refractivity contribution is -0.0518. The summed E-state index contributed by atoms with van der Waals surface area (Å²) in [4.78, 5) is 2.63. The number of benzene rings is 3. The molecule has 3 aromatic rings. The molecule has 3 aromatic carbocycles. The summed E-state index contributed by atoms with van der Waals surface area (Å²) in [7, 11) is -4.16. The van der Waals surface area contributed by atoms with Crippen molar-refractivity contribution in [2.45, 2.75) is 93.4 Å². The zero-order valence-corrected chi connectivity index (χ0v) is 29.3. The number of thiol groups is 1. The van der Waals surface area contributed by atoms with Crippen molar-refractivity contribution < 1.29 is 45.0 Å². The van der Waals surface area contributed by atoms with E-state index in [4.69, 9.17) is 17.7 Å². The van der Waals surface area contributed by atoms with Gasteiger partial charge in [0.05, 0.1) is 11.9 Å². The van der Waals surface area contributed by atoms with Crippen molar-refractivity contribution in [1.82, 2.24) is 0 Å². The van der Waals surface area contributed by atoms with E-state index >= 15 is 0 Å². The minimum atomic E-state index is -6.09. The highest BCUT2D eigenvalue weighted by Gasteiger charge is 2.36. The standard InChI is InChI=1S/C21H28OS.C10H15P.CHF3O3S.3FH/c1-2-3-4-5-6-7-11-18-22-19-14-16-21(17-15-19)23-20-12-9-8-10-13-20;1-10(2,3)8-4-6-9(11)7-5-8;2-1(3,4)8(5,6)7;;;/h8-10,12-17H,2-7,11,18H2,1H3;4-7H,11H2,1-3H3;(H,5,6,7);3*1H/p-2. The lowest BCUT2D eigenvalue weighted by atomic mass is 9.87. The maximum atomic E-state index is 10.7. The van der Waals surface area contributed by atoms with Crippen molar-refractivity contribution in [3.8, 4) is 5.75 Å². The van der Waals surface area contributed by atoms with Crippen LogP contribution < -0.4 is 24.2 Å². The van der Waals surface area contributed by atoms with Gasteiger partial charge in [-0.3, -0.25) is 0 Å². The molecule has 0 fully saturated rings. The third-order valence-corrected chi connectivity index (χ3v) is 8.12. The molecule has 4 nitrogen and oxygen atoms in total. The van der Waals surface area contributed by atoms with Crippen LogP contribution >= 0.6 is 9.24 Å². The molecule has 0 bridgehead atoms. The van der Waals surface area contributed by atoms with Gasteiger partial charge in [0, 0.05) is 21.0 Å². The van der Waals surface area contributed by atoms with Crippen LogP contribution in [0.25, 0.3) is 0 Å². The minimum Gasteiger partial charge on any atom is -1.00 e. The van der Waals surface area contributed by atoms with Gasteiger partial charge in [0.25, 0.3) is 0 Å². The summed E-state index contributed by atoms with van der Waals surface area (Å²) in [5, 5.41) is 1.36. The van der Waals surface area contributed by atoms with Gasteiger partial charge in [-0.05, 0) is 65.9 Å². The van der Waals surface area contributed by atoms with Crippen molar-refractivity contribution in [3.63, 3.8) is 0 Å². The summed E-state index contributed by atoms with van der Waals surface area (Å²) in [6.45, 7) is 9.81. The molecule has 0 spiro atoms. The molecule has 1 atom stereocenters. The lowest BCUT2D eigenvalue weighted by Gasteiger charge is -2.18. The summed E-state index contributed by atoms with van der Waals surface area (Å²) in [5.41, 5.74) is -3.95. The molecule has 0 radical (unpaired) electrons. The van der Waals surface area contributed by atoms with Gasteiger partial charge in [-0.1, -0.05) is 96.6 Å². The smallest absolute Gasteiger partial charge is 0.485 e. The molecule has 45 heavy (non-hydrogen) atoms. The van der Waals surface area contributed by atoms with Gasteiger partial charge >= 0.3 is 5.51 Å². The maximum Gasteiger partial charge on any atom is 0.485 e. The molecule has 0 amide bonds. The molecule has 1 unspecified atom stereocenters. The largest absolute Gasteiger partial charge is 1.00 e. The molecule has 0 saturated heterocycles. The summed E-state index contributed by atoms with van der Waals surface area (Å²) < 4.78 is 64.7. The van der Waals surface area contributed by atoms with Crippen molar-refractivity contribution >= 4 is 36.4 Å². The van der Waals surface area contributed by atoms with Crippen molar-refractivity contribution in [3.05, 3.63) is 84.4 Å². The number of alkyl halides is 3. The van der Waals surface area contributed by atoms with Gasteiger partial charge in [0.1, 0.15) is 5.75 Å². The third kappa shape index (κ3) is 22.0. The predicted molar refractivity (Wildman–Crippen MR) is 173 cm³/mol. The lowest BCUT2D eigenvalue weighted by Crippen LogP contribution is -3.00. The Labute approximate surface area is 271 Å². The zero-order valence-electron chi connectivity index (χ0n) is 26.1. The fraction of sp³-hybridized carbons (Fsp3) is 0.438. The first-order valence-corrected chi connectivity index (χ1v) is 17.1. The van der Waals surface area contributed by atoms with E-state index in [9.17, 15) is 13.2 Å². The van der Waals surface area contributed by atoms with Crippen LogP contribution in [0.3, 0.4) is 0 Å². The Hall–Kier alpha value is -2.27. The van der Waals surface area contributed by atoms with Gasteiger partial charge in [-0.2, -0.15) is 13.2 Å². The van der Waals surface area contributed by atoms with E-state index < -0.39 is 15.6 Å². The van der Waals surface area contributed by atoms with E-state index in [1.165, 1.54) is 70.9 Å². The average Bonchev–Trinajstić information content (AvgIpc) is 2.91. The summed E-state index contributed by atoms with van der Waals surface area (Å²) in [6.07, 6.45) is 9.26. The van der Waals surface area contributed by atoms with E-state index in [2.05, 4.69) is 107 Å².